The third-order valence-corrected chi connectivity index (χ3v) is 6.47. The molecule has 1 unspecified atom stereocenters. The Bertz CT molecular complexity index is 1170. The molecule has 0 amide bonds. The molecule has 206 valence electrons. The Balaban J connectivity index is 1.82. The van der Waals surface area contributed by atoms with E-state index in [0.29, 0.717) is 19.1 Å². The molecular formula is C24H27BrF3N5O4S. The Hall–Kier alpha value is -2.62. The van der Waals surface area contributed by atoms with Crippen LogP contribution in [0, 0.1) is 17.5 Å². The molecule has 0 saturated heterocycles. The maximum absolute atomic E-state index is 13.7. The molecule has 1 aromatic carbocycles. The van der Waals surface area contributed by atoms with Gasteiger partial charge in [0, 0.05) is 40.1 Å². The first-order chi connectivity index (χ1) is 18.3. The Morgan fingerprint density at radius 2 is 1.95 bits per heavy atom. The van der Waals surface area contributed by atoms with Gasteiger partial charge in [-0.15, -0.1) is 0 Å². The van der Waals surface area contributed by atoms with Gasteiger partial charge in [-0.3, -0.25) is 4.98 Å². The fraction of sp³-hybridized carbons (Fsp3) is 0.333. The van der Waals surface area contributed by atoms with E-state index in [4.69, 9.17) is 30.2 Å². The second kappa shape index (κ2) is 15.1. The lowest BCUT2D eigenvalue weighted by Gasteiger charge is -2.29. The summed E-state index contributed by atoms with van der Waals surface area (Å²) in [5.41, 5.74) is 5.22. The highest BCUT2D eigenvalue weighted by Gasteiger charge is 2.27. The summed E-state index contributed by atoms with van der Waals surface area (Å²) in [6, 6.07) is 3.44. The first-order valence-electron chi connectivity index (χ1n) is 11.4. The summed E-state index contributed by atoms with van der Waals surface area (Å²) >= 11 is 4.76. The number of halogens is 4. The third kappa shape index (κ3) is 9.29. The van der Waals surface area contributed by atoms with Gasteiger partial charge in [-0.1, -0.05) is 11.8 Å². The maximum atomic E-state index is 13.7. The van der Waals surface area contributed by atoms with Gasteiger partial charge in [0.05, 0.1) is 31.7 Å². The molecule has 0 aliphatic heterocycles. The Morgan fingerprint density at radius 3 is 2.61 bits per heavy atom. The second-order valence-corrected chi connectivity index (χ2v) is 9.79. The molecule has 0 fully saturated rings. The zero-order chi connectivity index (χ0) is 27.5. The summed E-state index contributed by atoms with van der Waals surface area (Å²) in [6.07, 6.45) is 6.81. The van der Waals surface area contributed by atoms with E-state index in [9.17, 15) is 13.2 Å². The SMILES string of the molecule is CCOCCOC(Sc1cncc(Br)c1)[C@H](CN(N)/C=C(\N)c1cc(F)c(F)c(F)c1)OCc1ncco1. The van der Waals surface area contributed by atoms with Crippen molar-refractivity contribution in [3.63, 3.8) is 0 Å². The van der Waals surface area contributed by atoms with Gasteiger partial charge < -0.3 is 29.4 Å². The van der Waals surface area contributed by atoms with E-state index in [0.717, 1.165) is 21.5 Å². The Labute approximate surface area is 230 Å². The summed E-state index contributed by atoms with van der Waals surface area (Å²) < 4.78 is 64.3. The molecule has 0 spiro atoms. The molecule has 3 aromatic rings. The average molecular weight is 618 g/mol. The van der Waals surface area contributed by atoms with Gasteiger partial charge in [0.25, 0.3) is 0 Å². The number of hydrogen-bond acceptors (Lipinski definition) is 10. The summed E-state index contributed by atoms with van der Waals surface area (Å²) in [7, 11) is 0. The highest BCUT2D eigenvalue weighted by molar-refractivity contribution is 9.10. The molecule has 4 N–H and O–H groups in total. The zero-order valence-corrected chi connectivity index (χ0v) is 22.8. The van der Waals surface area contributed by atoms with Crippen molar-refractivity contribution in [2.24, 2.45) is 11.6 Å². The van der Waals surface area contributed by atoms with Crippen LogP contribution in [0.2, 0.25) is 0 Å². The molecule has 14 heteroatoms. The predicted octanol–water partition coefficient (Wildman–Crippen LogP) is 4.44. The molecule has 2 atom stereocenters. The Kier molecular flexibility index (Phi) is 11.9. The lowest BCUT2D eigenvalue weighted by Crippen LogP contribution is -2.42. The topological polar surface area (TPSA) is 122 Å². The van der Waals surface area contributed by atoms with Crippen LogP contribution in [0.1, 0.15) is 18.4 Å². The standard InChI is InChI=1S/C24H27BrF3N5O4S/c1-2-34-5-6-36-24(38-17-9-16(25)10-31-11-17)21(37-14-22-32-3-4-35-22)13-33(30)12-20(29)15-7-18(26)23(28)19(27)8-15/h3-4,7-12,21,24H,2,5-6,13-14,29-30H2,1H3/b20-12-/t21-,24?/m0/s1. The molecule has 0 bridgehead atoms. The highest BCUT2D eigenvalue weighted by atomic mass is 79.9. The number of ether oxygens (including phenoxy) is 3. The first kappa shape index (κ1) is 29.9. The van der Waals surface area contributed by atoms with Crippen molar-refractivity contribution in [2.45, 2.75) is 30.0 Å². The van der Waals surface area contributed by atoms with Crippen molar-refractivity contribution < 1.29 is 31.8 Å². The first-order valence-corrected chi connectivity index (χ1v) is 13.0. The molecule has 0 radical (unpaired) electrons. The second-order valence-electron chi connectivity index (χ2n) is 7.70. The van der Waals surface area contributed by atoms with Gasteiger partial charge in [-0.2, -0.15) is 0 Å². The minimum atomic E-state index is -1.59. The third-order valence-electron chi connectivity index (χ3n) is 4.87. The van der Waals surface area contributed by atoms with Crippen LogP contribution in [-0.2, 0) is 20.8 Å². The van der Waals surface area contributed by atoms with E-state index in [-0.39, 0.29) is 31.0 Å². The van der Waals surface area contributed by atoms with Gasteiger partial charge in [0.2, 0.25) is 5.89 Å². The van der Waals surface area contributed by atoms with Crippen molar-refractivity contribution in [2.75, 3.05) is 26.4 Å². The summed E-state index contributed by atoms with van der Waals surface area (Å²) in [6.45, 7) is 3.08. The van der Waals surface area contributed by atoms with E-state index in [1.165, 1.54) is 35.4 Å². The molecule has 38 heavy (non-hydrogen) atoms. The molecule has 0 aliphatic carbocycles. The van der Waals surface area contributed by atoms with E-state index in [1.807, 2.05) is 13.0 Å². The van der Waals surface area contributed by atoms with E-state index >= 15 is 0 Å². The quantitative estimate of drug-likeness (QED) is 0.0632. The van der Waals surface area contributed by atoms with E-state index in [1.54, 1.807) is 12.4 Å². The van der Waals surface area contributed by atoms with Crippen molar-refractivity contribution in [3.05, 3.63) is 82.6 Å². The van der Waals surface area contributed by atoms with Crippen LogP contribution in [0.5, 0.6) is 0 Å². The number of thioether (sulfide) groups is 1. The number of oxazole rings is 1. The predicted molar refractivity (Wildman–Crippen MR) is 138 cm³/mol. The minimum Gasteiger partial charge on any atom is -0.446 e. The fourth-order valence-electron chi connectivity index (χ4n) is 3.13. The molecular weight excluding hydrogens is 591 g/mol. The van der Waals surface area contributed by atoms with Crippen LogP contribution in [0.4, 0.5) is 13.2 Å². The van der Waals surface area contributed by atoms with Crippen molar-refractivity contribution in [3.8, 4) is 0 Å². The number of nitrogens with zero attached hydrogens (tertiary/aromatic N) is 3. The molecule has 0 saturated carbocycles. The summed E-state index contributed by atoms with van der Waals surface area (Å²) in [5.74, 6) is 2.21. The average Bonchev–Trinajstić information content (AvgIpc) is 3.40. The van der Waals surface area contributed by atoms with Crippen LogP contribution < -0.4 is 11.6 Å². The minimum absolute atomic E-state index is 0.0156. The van der Waals surface area contributed by atoms with Crippen molar-refractivity contribution in [1.82, 2.24) is 15.0 Å². The van der Waals surface area contributed by atoms with Crippen molar-refractivity contribution >= 4 is 33.4 Å². The van der Waals surface area contributed by atoms with Gasteiger partial charge >= 0.3 is 0 Å². The summed E-state index contributed by atoms with van der Waals surface area (Å²) in [4.78, 5) is 9.04. The normalized spacial score (nSPS) is 13.5. The van der Waals surface area contributed by atoms with Crippen LogP contribution in [0.25, 0.3) is 5.70 Å². The lowest BCUT2D eigenvalue weighted by molar-refractivity contribution is -0.0647. The van der Waals surface area contributed by atoms with E-state index in [2.05, 4.69) is 25.9 Å². The van der Waals surface area contributed by atoms with Gasteiger partial charge in [0.1, 0.15) is 24.4 Å². The molecule has 2 heterocycles. The molecule has 9 nitrogen and oxygen atoms in total. The zero-order valence-electron chi connectivity index (χ0n) is 20.4. The smallest absolute Gasteiger partial charge is 0.219 e. The number of hydrazine groups is 1. The number of benzene rings is 1. The molecule has 0 aliphatic rings. The van der Waals surface area contributed by atoms with Crippen LogP contribution >= 0.6 is 27.7 Å². The maximum Gasteiger partial charge on any atom is 0.219 e. The number of pyridine rings is 1. The highest BCUT2D eigenvalue weighted by Crippen LogP contribution is 2.30. The van der Waals surface area contributed by atoms with Crippen LogP contribution in [-0.4, -0.2) is 52.9 Å². The molecule has 3 rings (SSSR count). The van der Waals surface area contributed by atoms with Crippen LogP contribution in [0.15, 0.2) is 63.0 Å². The van der Waals surface area contributed by atoms with Gasteiger partial charge in [-0.25, -0.2) is 24.0 Å². The number of hydrogen-bond donors (Lipinski definition) is 2. The van der Waals surface area contributed by atoms with E-state index < -0.39 is 29.0 Å². The summed E-state index contributed by atoms with van der Waals surface area (Å²) in [5, 5.41) is 1.19. The lowest BCUT2D eigenvalue weighted by atomic mass is 10.1. The Morgan fingerprint density at radius 1 is 1.18 bits per heavy atom. The molecule has 2 aromatic heterocycles. The van der Waals surface area contributed by atoms with Crippen LogP contribution in [0.3, 0.4) is 0 Å². The number of rotatable bonds is 15. The number of nitrogens with two attached hydrogens (primary N) is 2. The van der Waals surface area contributed by atoms with Gasteiger partial charge in [0.15, 0.2) is 17.5 Å². The van der Waals surface area contributed by atoms with Crippen molar-refractivity contribution in [1.29, 1.82) is 0 Å². The van der Waals surface area contributed by atoms with Gasteiger partial charge in [-0.05, 0) is 41.1 Å². The fourth-order valence-corrected chi connectivity index (χ4v) is 4.71. The monoisotopic (exact) mass is 617 g/mol. The number of aromatic nitrogens is 2. The largest absolute Gasteiger partial charge is 0.446 e.